The van der Waals surface area contributed by atoms with Crippen LogP contribution in [0.25, 0.3) is 11.4 Å². The molecule has 2 aromatic heterocycles. The summed E-state index contributed by atoms with van der Waals surface area (Å²) in [6.07, 6.45) is 2.57. The summed E-state index contributed by atoms with van der Waals surface area (Å²) < 4.78 is 0. The largest absolute Gasteiger partial charge is 1.00 e. The third kappa shape index (κ3) is 5.85. The summed E-state index contributed by atoms with van der Waals surface area (Å²) in [6.45, 7) is 0. The Kier molecular flexibility index (Phi) is 10.9. The first-order chi connectivity index (χ1) is 8.58. The van der Waals surface area contributed by atoms with Gasteiger partial charge in [0.25, 0.3) is 0 Å². The van der Waals surface area contributed by atoms with Crippen molar-refractivity contribution in [1.82, 2.24) is 9.97 Å². The van der Waals surface area contributed by atoms with E-state index in [1.807, 2.05) is 0 Å². The molecule has 0 saturated carbocycles. The normalized spacial score (nSPS) is 9.00. The van der Waals surface area contributed by atoms with Gasteiger partial charge in [-0.05, 0) is 24.3 Å². The van der Waals surface area contributed by atoms with Crippen LogP contribution in [0, 0.1) is 0 Å². The van der Waals surface area contributed by atoms with Crippen LogP contribution in [-0.4, -0.2) is 21.9 Å². The molecule has 2 heterocycles. The quantitative estimate of drug-likeness (QED) is 0.409. The predicted molar refractivity (Wildman–Crippen MR) is 56.1 cm³/mol. The van der Waals surface area contributed by atoms with Crippen LogP contribution in [0.3, 0.4) is 0 Å². The van der Waals surface area contributed by atoms with Crippen molar-refractivity contribution in [3.05, 3.63) is 47.8 Å². The minimum Gasteiger partial charge on any atom is -0.545 e. The van der Waals surface area contributed by atoms with Crippen LogP contribution in [0.15, 0.2) is 36.7 Å². The molecule has 2 rings (SSSR count). The third-order valence-electron chi connectivity index (χ3n) is 2.25. The number of carbonyl (C=O) groups is 2. The van der Waals surface area contributed by atoms with E-state index in [1.54, 1.807) is 0 Å². The van der Waals surface area contributed by atoms with Crippen molar-refractivity contribution < 1.29 is 158 Å². The fourth-order valence-corrected chi connectivity index (χ4v) is 1.40. The number of aromatic nitrogens is 2. The van der Waals surface area contributed by atoms with E-state index in [9.17, 15) is 19.8 Å². The summed E-state index contributed by atoms with van der Waals surface area (Å²) in [6, 6.07) is 5.08. The van der Waals surface area contributed by atoms with Crippen LogP contribution in [-0.2, 0) is 0 Å². The number of nitrogens with zero attached hydrogens (tertiary/aromatic N) is 2. The van der Waals surface area contributed by atoms with Crippen LogP contribution in [0.2, 0.25) is 0 Å². The topological polar surface area (TPSA) is 106 Å². The van der Waals surface area contributed by atoms with Gasteiger partial charge >= 0.3 is 138 Å². The number of carboxylic acid groups (broad SMARTS) is 2. The molecule has 20 heavy (non-hydrogen) atoms. The van der Waals surface area contributed by atoms with Gasteiger partial charge < -0.3 is 19.8 Å². The zero-order valence-electron chi connectivity index (χ0n) is 11.0. The van der Waals surface area contributed by atoms with E-state index >= 15 is 0 Å². The molecule has 2 aromatic rings. The molecule has 0 unspecified atom stereocenters. The Morgan fingerprint density at radius 1 is 0.800 bits per heavy atom. The van der Waals surface area contributed by atoms with Gasteiger partial charge in [-0.3, -0.25) is 9.97 Å². The Bertz CT molecular complexity index is 579. The minimum atomic E-state index is -1.34. The van der Waals surface area contributed by atoms with E-state index in [-0.39, 0.29) is 160 Å². The Morgan fingerprint density at radius 3 is 1.45 bits per heavy atom. The fourth-order valence-electron chi connectivity index (χ4n) is 1.40. The summed E-state index contributed by atoms with van der Waals surface area (Å²) in [5.74, 6) is -2.68. The zero-order valence-corrected chi connectivity index (χ0v) is 23.6. The van der Waals surface area contributed by atoms with Crippen LogP contribution in [0.4, 0.5) is 0 Å². The minimum absolute atomic E-state index is 0. The molecule has 0 bridgehead atoms. The van der Waals surface area contributed by atoms with E-state index in [2.05, 4.69) is 9.97 Å². The number of carbonyl (C=O) groups excluding carboxylic acids is 2. The number of hydrogen-bond acceptors (Lipinski definition) is 6. The Labute approximate surface area is 232 Å². The maximum Gasteiger partial charge on any atom is 1.00 e. The second-order valence-corrected chi connectivity index (χ2v) is 3.43. The van der Waals surface area contributed by atoms with Crippen molar-refractivity contribution >= 4 is 11.9 Å². The monoisotopic (exact) mass is 508 g/mol. The molecular formula is C12H6Cs2N2O4. The summed E-state index contributed by atoms with van der Waals surface area (Å²) in [5, 5.41) is 21.4. The molecular weight excluding hydrogens is 502 g/mol. The Balaban J connectivity index is 0.00000180. The van der Waals surface area contributed by atoms with E-state index in [1.165, 1.54) is 36.7 Å². The summed E-state index contributed by atoms with van der Waals surface area (Å²) >= 11 is 0. The molecule has 0 spiro atoms. The molecule has 8 heteroatoms. The van der Waals surface area contributed by atoms with Crippen LogP contribution < -0.4 is 148 Å². The average molecular weight is 508 g/mol. The number of carboxylic acids is 2. The van der Waals surface area contributed by atoms with Crippen LogP contribution in [0.1, 0.15) is 20.7 Å². The zero-order chi connectivity index (χ0) is 13.1. The number of aromatic carboxylic acids is 2. The number of rotatable bonds is 3. The van der Waals surface area contributed by atoms with Gasteiger partial charge in [0, 0.05) is 23.5 Å². The molecule has 90 valence electrons. The molecule has 0 atom stereocenters. The number of pyridine rings is 2. The Hall–Kier alpha value is 1.34. The van der Waals surface area contributed by atoms with Gasteiger partial charge in [-0.15, -0.1) is 0 Å². The molecule has 0 aliphatic heterocycles. The first kappa shape index (κ1) is 21.3. The van der Waals surface area contributed by atoms with Crippen LogP contribution >= 0.6 is 0 Å². The molecule has 0 N–H and O–H groups in total. The average Bonchev–Trinajstić information content (AvgIpc) is 2.39. The van der Waals surface area contributed by atoms with Crippen LogP contribution in [0.5, 0.6) is 0 Å². The summed E-state index contributed by atoms with van der Waals surface area (Å²) in [7, 11) is 0. The van der Waals surface area contributed by atoms with E-state index < -0.39 is 11.9 Å². The molecule has 0 aliphatic carbocycles. The van der Waals surface area contributed by atoms with Gasteiger partial charge in [0.15, 0.2) is 0 Å². The summed E-state index contributed by atoms with van der Waals surface area (Å²) in [5.41, 5.74) is 0.390. The van der Waals surface area contributed by atoms with Crippen molar-refractivity contribution in [2.45, 2.75) is 0 Å². The Morgan fingerprint density at radius 2 is 1.15 bits per heavy atom. The third-order valence-corrected chi connectivity index (χ3v) is 2.25. The molecule has 0 amide bonds. The maximum atomic E-state index is 10.7. The maximum absolute atomic E-state index is 10.7. The molecule has 0 fully saturated rings. The molecule has 0 saturated heterocycles. The van der Waals surface area contributed by atoms with Gasteiger partial charge in [0.05, 0.1) is 23.3 Å². The van der Waals surface area contributed by atoms with Gasteiger partial charge in [-0.1, -0.05) is 0 Å². The van der Waals surface area contributed by atoms with Gasteiger partial charge in [0.2, 0.25) is 0 Å². The second kappa shape index (κ2) is 10.2. The first-order valence-corrected chi connectivity index (χ1v) is 4.93. The molecule has 0 aromatic carbocycles. The smallest absolute Gasteiger partial charge is 0.545 e. The van der Waals surface area contributed by atoms with E-state index in [4.69, 9.17) is 0 Å². The SMILES string of the molecule is O=C([O-])c1ccnc(-c2cc(C(=O)[O-])ccn2)c1.[Cs+].[Cs+]. The van der Waals surface area contributed by atoms with Gasteiger partial charge in [0.1, 0.15) is 0 Å². The van der Waals surface area contributed by atoms with Crippen molar-refractivity contribution in [2.24, 2.45) is 0 Å². The van der Waals surface area contributed by atoms with E-state index in [0.29, 0.717) is 0 Å². The van der Waals surface area contributed by atoms with Gasteiger partial charge in [-0.25, -0.2) is 0 Å². The predicted octanol–water partition coefficient (Wildman–Crippen LogP) is -7.12. The molecule has 0 aliphatic rings. The standard InChI is InChI=1S/C12H8N2O4.2Cs/c15-11(16)7-1-3-13-9(5-7)10-6-8(12(17)18)2-4-14-10;;/h1-6H,(H,15,16)(H,17,18);;/q;2*+1/p-2. The first-order valence-electron chi connectivity index (χ1n) is 4.93. The molecule has 0 radical (unpaired) electrons. The number of hydrogen-bond donors (Lipinski definition) is 0. The fraction of sp³-hybridized carbons (Fsp3) is 0. The second-order valence-electron chi connectivity index (χ2n) is 3.43. The summed E-state index contributed by atoms with van der Waals surface area (Å²) in [4.78, 5) is 29.2. The van der Waals surface area contributed by atoms with Crippen molar-refractivity contribution in [1.29, 1.82) is 0 Å². The van der Waals surface area contributed by atoms with Crippen molar-refractivity contribution in [3.63, 3.8) is 0 Å². The van der Waals surface area contributed by atoms with Crippen molar-refractivity contribution in [3.8, 4) is 11.4 Å². The van der Waals surface area contributed by atoms with E-state index in [0.717, 1.165) is 0 Å². The molecule has 6 nitrogen and oxygen atoms in total. The van der Waals surface area contributed by atoms with Crippen molar-refractivity contribution in [2.75, 3.05) is 0 Å². The van der Waals surface area contributed by atoms with Gasteiger partial charge in [-0.2, -0.15) is 0 Å².